The first-order valence-corrected chi connectivity index (χ1v) is 7.60. The summed E-state index contributed by atoms with van der Waals surface area (Å²) in [4.78, 5) is 21.9. The van der Waals surface area contributed by atoms with Crippen LogP contribution >= 0.6 is 15.9 Å². The van der Waals surface area contributed by atoms with Crippen LogP contribution < -0.4 is 10.6 Å². The molecule has 2 N–H and O–H groups in total. The van der Waals surface area contributed by atoms with Gasteiger partial charge >= 0.3 is 0 Å². The minimum Gasteiger partial charge on any atom is -0.356 e. The van der Waals surface area contributed by atoms with Crippen LogP contribution in [-0.2, 0) is 11.3 Å². The summed E-state index contributed by atoms with van der Waals surface area (Å²) in [5.74, 6) is 0.442. The molecule has 0 fully saturated rings. The van der Waals surface area contributed by atoms with E-state index in [4.69, 9.17) is 0 Å². The first-order chi connectivity index (χ1) is 9.91. The van der Waals surface area contributed by atoms with Crippen molar-refractivity contribution >= 4 is 27.5 Å². The molecule has 0 radical (unpaired) electrons. The number of hydrogen-bond acceptors (Lipinski definition) is 4. The van der Waals surface area contributed by atoms with Gasteiger partial charge in [-0.05, 0) is 27.4 Å². The minimum absolute atomic E-state index is 0.00862. The number of carbonyl (C=O) groups excluding carboxylic acids is 1. The molecule has 0 saturated heterocycles. The van der Waals surface area contributed by atoms with Gasteiger partial charge in [-0.15, -0.1) is 0 Å². The fourth-order valence-electron chi connectivity index (χ4n) is 1.68. The first-order valence-electron chi connectivity index (χ1n) is 6.81. The second-order valence-electron chi connectivity index (χ2n) is 5.13. The molecular weight excluding hydrogens is 338 g/mol. The Hall–Kier alpha value is -1.47. The number of halogens is 1. The molecule has 0 aromatic heterocycles. The Morgan fingerprint density at radius 3 is 2.76 bits per heavy atom. The molecule has 0 aliphatic carbocycles. The standard InChI is InChI=1S/C14H20BrN3O3/c1-10(2)8-17-13(19)6-7-16-9-11-4-3-5-12(14(11)15)18(20)21/h3-5,10,16H,6-9H2,1-2H3,(H,17,19). The van der Waals surface area contributed by atoms with Crippen molar-refractivity contribution in [1.29, 1.82) is 0 Å². The van der Waals surface area contributed by atoms with Crippen molar-refractivity contribution in [1.82, 2.24) is 10.6 Å². The molecule has 116 valence electrons. The van der Waals surface area contributed by atoms with E-state index in [1.165, 1.54) is 6.07 Å². The van der Waals surface area contributed by atoms with Gasteiger partial charge in [-0.3, -0.25) is 14.9 Å². The molecule has 0 aliphatic rings. The van der Waals surface area contributed by atoms with Gasteiger partial charge in [0.25, 0.3) is 5.69 Å². The third-order valence-electron chi connectivity index (χ3n) is 2.81. The lowest BCUT2D eigenvalue weighted by Gasteiger charge is -2.09. The zero-order valence-corrected chi connectivity index (χ0v) is 13.8. The lowest BCUT2D eigenvalue weighted by atomic mass is 10.2. The minimum atomic E-state index is -0.424. The zero-order chi connectivity index (χ0) is 15.8. The fraction of sp³-hybridized carbons (Fsp3) is 0.500. The Morgan fingerprint density at radius 1 is 1.43 bits per heavy atom. The second kappa shape index (κ2) is 8.74. The van der Waals surface area contributed by atoms with E-state index in [1.807, 2.05) is 19.9 Å². The van der Waals surface area contributed by atoms with Crippen LogP contribution in [0, 0.1) is 16.0 Å². The molecule has 0 spiro atoms. The number of nitro groups is 1. The number of hydrogen-bond donors (Lipinski definition) is 2. The van der Waals surface area contributed by atoms with E-state index in [2.05, 4.69) is 26.6 Å². The Bertz CT molecular complexity index is 506. The van der Waals surface area contributed by atoms with E-state index in [0.29, 0.717) is 36.4 Å². The van der Waals surface area contributed by atoms with Gasteiger partial charge < -0.3 is 10.6 Å². The first kappa shape index (κ1) is 17.6. The molecular formula is C14H20BrN3O3. The Morgan fingerprint density at radius 2 is 2.14 bits per heavy atom. The molecule has 0 unspecified atom stereocenters. The van der Waals surface area contributed by atoms with Crippen molar-refractivity contribution in [3.8, 4) is 0 Å². The number of rotatable bonds is 8. The topological polar surface area (TPSA) is 84.3 Å². The third kappa shape index (κ3) is 6.22. The van der Waals surface area contributed by atoms with E-state index in [1.54, 1.807) is 6.07 Å². The maximum absolute atomic E-state index is 11.5. The summed E-state index contributed by atoms with van der Waals surface area (Å²) in [6.07, 6.45) is 0.388. The van der Waals surface area contributed by atoms with Gasteiger partial charge in [-0.25, -0.2) is 0 Å². The zero-order valence-electron chi connectivity index (χ0n) is 12.2. The maximum Gasteiger partial charge on any atom is 0.283 e. The van der Waals surface area contributed by atoms with Crippen molar-refractivity contribution in [2.24, 2.45) is 5.92 Å². The van der Waals surface area contributed by atoms with Crippen LogP contribution in [0.1, 0.15) is 25.8 Å². The van der Waals surface area contributed by atoms with Gasteiger partial charge in [0.15, 0.2) is 0 Å². The van der Waals surface area contributed by atoms with Crippen molar-refractivity contribution < 1.29 is 9.72 Å². The number of nitrogens with one attached hydrogen (secondary N) is 2. The monoisotopic (exact) mass is 357 g/mol. The van der Waals surface area contributed by atoms with Crippen LogP contribution in [0.2, 0.25) is 0 Å². The van der Waals surface area contributed by atoms with E-state index < -0.39 is 4.92 Å². The van der Waals surface area contributed by atoms with Crippen LogP contribution in [0.3, 0.4) is 0 Å². The van der Waals surface area contributed by atoms with Crippen LogP contribution in [0.25, 0.3) is 0 Å². The quantitative estimate of drug-likeness (QED) is 0.425. The molecule has 0 saturated carbocycles. The van der Waals surface area contributed by atoms with Gasteiger partial charge in [0.1, 0.15) is 0 Å². The number of nitro benzene ring substituents is 1. The highest BCUT2D eigenvalue weighted by Gasteiger charge is 2.14. The third-order valence-corrected chi connectivity index (χ3v) is 3.72. The molecule has 0 bridgehead atoms. The average molecular weight is 358 g/mol. The normalized spacial score (nSPS) is 10.7. The molecule has 6 nitrogen and oxygen atoms in total. The van der Waals surface area contributed by atoms with Gasteiger partial charge in [-0.1, -0.05) is 26.0 Å². The molecule has 1 aromatic rings. The number of nitrogens with zero attached hydrogens (tertiary/aromatic N) is 1. The van der Waals surface area contributed by atoms with Crippen LogP contribution in [0.4, 0.5) is 5.69 Å². The Kier molecular flexibility index (Phi) is 7.31. The number of benzene rings is 1. The number of carbonyl (C=O) groups is 1. The summed E-state index contributed by atoms with van der Waals surface area (Å²) in [7, 11) is 0. The Labute approximate surface area is 132 Å². The summed E-state index contributed by atoms with van der Waals surface area (Å²) in [5, 5.41) is 16.8. The van der Waals surface area contributed by atoms with Crippen molar-refractivity contribution in [2.75, 3.05) is 13.1 Å². The molecule has 1 aromatic carbocycles. The molecule has 7 heteroatoms. The predicted molar refractivity (Wildman–Crippen MR) is 85.0 cm³/mol. The molecule has 0 heterocycles. The molecule has 1 amide bonds. The van der Waals surface area contributed by atoms with E-state index in [9.17, 15) is 14.9 Å². The largest absolute Gasteiger partial charge is 0.356 e. The van der Waals surface area contributed by atoms with Crippen LogP contribution in [0.5, 0.6) is 0 Å². The van der Waals surface area contributed by atoms with E-state index >= 15 is 0 Å². The van der Waals surface area contributed by atoms with Crippen molar-refractivity contribution in [3.05, 3.63) is 38.3 Å². The molecule has 1 rings (SSSR count). The van der Waals surface area contributed by atoms with Crippen molar-refractivity contribution in [3.63, 3.8) is 0 Å². The van der Waals surface area contributed by atoms with Gasteiger partial charge in [0.05, 0.1) is 9.40 Å². The summed E-state index contributed by atoms with van der Waals surface area (Å²) >= 11 is 3.24. The smallest absolute Gasteiger partial charge is 0.283 e. The lowest BCUT2D eigenvalue weighted by molar-refractivity contribution is -0.385. The molecule has 0 atom stereocenters. The summed E-state index contributed by atoms with van der Waals surface area (Å²) in [5.41, 5.74) is 0.843. The highest BCUT2D eigenvalue weighted by Crippen LogP contribution is 2.27. The van der Waals surface area contributed by atoms with Gasteiger partial charge in [0.2, 0.25) is 5.91 Å². The van der Waals surface area contributed by atoms with Crippen LogP contribution in [-0.4, -0.2) is 23.9 Å². The average Bonchev–Trinajstić information content (AvgIpc) is 2.42. The molecule has 21 heavy (non-hydrogen) atoms. The number of amides is 1. The summed E-state index contributed by atoms with van der Waals surface area (Å²) < 4.78 is 0.478. The highest BCUT2D eigenvalue weighted by atomic mass is 79.9. The highest BCUT2D eigenvalue weighted by molar-refractivity contribution is 9.10. The predicted octanol–water partition coefficient (Wildman–Crippen LogP) is 2.61. The van der Waals surface area contributed by atoms with E-state index in [-0.39, 0.29) is 11.6 Å². The van der Waals surface area contributed by atoms with Gasteiger partial charge in [-0.2, -0.15) is 0 Å². The second-order valence-corrected chi connectivity index (χ2v) is 5.93. The van der Waals surface area contributed by atoms with E-state index in [0.717, 1.165) is 5.56 Å². The molecule has 0 aliphatic heterocycles. The van der Waals surface area contributed by atoms with Crippen LogP contribution in [0.15, 0.2) is 22.7 Å². The lowest BCUT2D eigenvalue weighted by Crippen LogP contribution is -2.30. The summed E-state index contributed by atoms with van der Waals surface area (Å²) in [6.45, 7) is 5.75. The van der Waals surface area contributed by atoms with Crippen molar-refractivity contribution in [2.45, 2.75) is 26.8 Å². The Balaban J connectivity index is 2.38. The fourth-order valence-corrected chi connectivity index (χ4v) is 2.22. The summed E-state index contributed by atoms with van der Waals surface area (Å²) in [6, 6.07) is 4.91. The maximum atomic E-state index is 11.5. The van der Waals surface area contributed by atoms with Gasteiger partial charge in [0, 0.05) is 32.1 Å². The SMILES string of the molecule is CC(C)CNC(=O)CCNCc1cccc([N+](=O)[O-])c1Br.